The van der Waals surface area contributed by atoms with Crippen molar-refractivity contribution in [3.05, 3.63) is 76.1 Å². The van der Waals surface area contributed by atoms with Gasteiger partial charge in [0.2, 0.25) is 11.8 Å². The topological polar surface area (TPSA) is 104 Å². The molecule has 0 saturated carbocycles. The lowest BCUT2D eigenvalue weighted by Crippen LogP contribution is -2.37. The zero-order chi connectivity index (χ0) is 29.3. The molecule has 8 nitrogen and oxygen atoms in total. The molecule has 0 aliphatic carbocycles. The Morgan fingerprint density at radius 1 is 1.20 bits per heavy atom. The third-order valence-corrected chi connectivity index (χ3v) is 7.93. The summed E-state index contributed by atoms with van der Waals surface area (Å²) >= 11 is 5.88. The van der Waals surface area contributed by atoms with Crippen LogP contribution in [-0.2, 0) is 25.5 Å². The lowest BCUT2D eigenvalue weighted by molar-refractivity contribution is -0.139. The lowest BCUT2D eigenvalue weighted by atomic mass is 9.94. The van der Waals surface area contributed by atoms with Gasteiger partial charge in [0, 0.05) is 24.1 Å². The number of aromatic amines is 1. The average molecular weight is 583 g/mol. The van der Waals surface area contributed by atoms with E-state index in [1.54, 1.807) is 29.3 Å². The van der Waals surface area contributed by atoms with Crippen molar-refractivity contribution in [2.24, 2.45) is 5.92 Å². The van der Waals surface area contributed by atoms with Crippen molar-refractivity contribution >= 4 is 40.6 Å². The highest BCUT2D eigenvalue weighted by Crippen LogP contribution is 2.37. The first-order valence-corrected chi connectivity index (χ1v) is 13.7. The van der Waals surface area contributed by atoms with Crippen molar-refractivity contribution in [1.29, 1.82) is 0 Å². The summed E-state index contributed by atoms with van der Waals surface area (Å²) in [6.45, 7) is 2.07. The Morgan fingerprint density at radius 2 is 2.00 bits per heavy atom. The first-order chi connectivity index (χ1) is 19.7. The van der Waals surface area contributed by atoms with Gasteiger partial charge in [0.1, 0.15) is 11.6 Å². The minimum Gasteiger partial charge on any atom is -0.469 e. The number of halogens is 3. The van der Waals surface area contributed by atoms with E-state index in [9.17, 15) is 23.2 Å². The van der Waals surface area contributed by atoms with Crippen LogP contribution < -0.4 is 5.32 Å². The van der Waals surface area contributed by atoms with Crippen LogP contribution in [0, 0.1) is 17.6 Å². The second-order valence-electron chi connectivity index (χ2n) is 10.3. The number of fused-ring (bicyclic) bond motifs is 4. The van der Waals surface area contributed by atoms with E-state index in [-0.39, 0.29) is 53.3 Å². The number of nitrogens with one attached hydrogen (secondary N) is 2. The standard InChI is InChI=1S/C30H29ClF2N4O4/c1-16-4-3-5-24(37-11-10-18(14-25(37)38)27-21(32)9-8-20(31)28(27)33)23-15-34-29(35-23)19-7-6-17(13-26(39)41-2)12-22(19)36-30(16)40/h6-9,12,14-16,24H,3-5,10-11,13H2,1-2H3,(H,34,35)(H,36,40)/t16-,24-/m1/s1. The fourth-order valence-corrected chi connectivity index (χ4v) is 5.52. The van der Waals surface area contributed by atoms with Gasteiger partial charge in [-0.2, -0.15) is 0 Å². The zero-order valence-corrected chi connectivity index (χ0v) is 23.4. The summed E-state index contributed by atoms with van der Waals surface area (Å²) in [5.74, 6) is -2.43. The van der Waals surface area contributed by atoms with Crippen molar-refractivity contribution in [1.82, 2.24) is 14.9 Å². The Hall–Kier alpha value is -4.05. The molecule has 1 aromatic heterocycles. The fourth-order valence-electron chi connectivity index (χ4n) is 5.36. The molecule has 2 aliphatic rings. The highest BCUT2D eigenvalue weighted by molar-refractivity contribution is 6.31. The van der Waals surface area contributed by atoms with Crippen molar-refractivity contribution in [2.45, 2.75) is 45.1 Å². The highest BCUT2D eigenvalue weighted by atomic mass is 35.5. The Morgan fingerprint density at radius 3 is 2.76 bits per heavy atom. The van der Waals surface area contributed by atoms with Crippen LogP contribution in [-0.4, -0.2) is 46.3 Å². The van der Waals surface area contributed by atoms with Crippen LogP contribution in [0.25, 0.3) is 17.0 Å². The van der Waals surface area contributed by atoms with E-state index >= 15 is 0 Å². The summed E-state index contributed by atoms with van der Waals surface area (Å²) in [5, 5.41) is 2.77. The van der Waals surface area contributed by atoms with Crippen molar-refractivity contribution in [3.63, 3.8) is 0 Å². The fraction of sp³-hybridized carbons (Fsp3) is 0.333. The number of carbonyl (C=O) groups is 3. The molecule has 0 fully saturated rings. The van der Waals surface area contributed by atoms with E-state index in [0.29, 0.717) is 47.6 Å². The third-order valence-electron chi connectivity index (χ3n) is 7.63. The number of benzene rings is 2. The van der Waals surface area contributed by atoms with Crippen molar-refractivity contribution in [2.75, 3.05) is 19.0 Å². The average Bonchev–Trinajstić information content (AvgIpc) is 3.43. The largest absolute Gasteiger partial charge is 0.469 e. The van der Waals surface area contributed by atoms with Gasteiger partial charge in [0.15, 0.2) is 5.82 Å². The van der Waals surface area contributed by atoms with Gasteiger partial charge in [0.25, 0.3) is 0 Å². The van der Waals surface area contributed by atoms with Gasteiger partial charge in [-0.05, 0) is 54.7 Å². The molecule has 2 N–H and O–H groups in total. The van der Waals surface area contributed by atoms with Crippen molar-refractivity contribution < 1.29 is 27.9 Å². The van der Waals surface area contributed by atoms with E-state index in [2.05, 4.69) is 15.3 Å². The van der Waals surface area contributed by atoms with Gasteiger partial charge in [-0.1, -0.05) is 31.0 Å². The molecule has 2 aliphatic heterocycles. The molecule has 2 amide bonds. The first-order valence-electron chi connectivity index (χ1n) is 13.4. The molecule has 3 aromatic rings. The molecule has 5 rings (SSSR count). The molecule has 0 spiro atoms. The number of amides is 2. The van der Waals surface area contributed by atoms with E-state index in [0.717, 1.165) is 12.1 Å². The number of methoxy groups -OCH3 is 1. The number of H-pyrrole nitrogens is 1. The maximum absolute atomic E-state index is 14.7. The van der Waals surface area contributed by atoms with Crippen molar-refractivity contribution in [3.8, 4) is 11.4 Å². The number of rotatable bonds is 4. The second kappa shape index (κ2) is 11.8. The van der Waals surface area contributed by atoms with Gasteiger partial charge in [0.05, 0.1) is 47.7 Å². The van der Waals surface area contributed by atoms with Crippen LogP contribution in [0.5, 0.6) is 0 Å². The molecular weight excluding hydrogens is 554 g/mol. The summed E-state index contributed by atoms with van der Waals surface area (Å²) in [6.07, 6.45) is 4.99. The van der Waals surface area contributed by atoms with Gasteiger partial charge < -0.3 is 19.9 Å². The second-order valence-corrected chi connectivity index (χ2v) is 10.7. The van der Waals surface area contributed by atoms with Crippen LogP contribution >= 0.6 is 11.6 Å². The van der Waals surface area contributed by atoms with Crippen LogP contribution in [0.2, 0.25) is 5.02 Å². The van der Waals surface area contributed by atoms with Crippen LogP contribution in [0.1, 0.15) is 55.5 Å². The minimum absolute atomic E-state index is 0.0518. The smallest absolute Gasteiger partial charge is 0.309 e. The summed E-state index contributed by atoms with van der Waals surface area (Å²) in [4.78, 5) is 47.8. The number of hydrogen-bond donors (Lipinski definition) is 2. The normalized spacial score (nSPS) is 19.4. The van der Waals surface area contributed by atoms with Crippen LogP contribution in [0.15, 0.2) is 42.6 Å². The quantitative estimate of drug-likeness (QED) is 0.297. The molecule has 2 bridgehead atoms. The number of hydrogen-bond acceptors (Lipinski definition) is 5. The van der Waals surface area contributed by atoms with Crippen LogP contribution in [0.3, 0.4) is 0 Å². The number of nitrogens with zero attached hydrogens (tertiary/aromatic N) is 2. The molecule has 214 valence electrons. The number of ether oxygens (including phenoxy) is 1. The van der Waals surface area contributed by atoms with Crippen LogP contribution in [0.4, 0.5) is 14.5 Å². The summed E-state index contributed by atoms with van der Waals surface area (Å²) in [6, 6.07) is 7.12. The molecule has 11 heteroatoms. The predicted molar refractivity (Wildman–Crippen MR) is 150 cm³/mol. The Labute approximate surface area is 240 Å². The van der Waals surface area contributed by atoms with E-state index in [1.807, 2.05) is 6.92 Å². The first kappa shape index (κ1) is 28.5. The minimum atomic E-state index is -0.885. The van der Waals surface area contributed by atoms with Gasteiger partial charge >= 0.3 is 5.97 Å². The Balaban J connectivity index is 1.49. The molecule has 41 heavy (non-hydrogen) atoms. The van der Waals surface area contributed by atoms with Gasteiger partial charge in [-0.3, -0.25) is 14.4 Å². The Bertz CT molecular complexity index is 1550. The molecule has 2 atom stereocenters. The predicted octanol–water partition coefficient (Wildman–Crippen LogP) is 5.84. The third kappa shape index (κ3) is 5.88. The van der Waals surface area contributed by atoms with E-state index in [4.69, 9.17) is 16.3 Å². The molecular formula is C30H29ClF2N4O4. The summed E-state index contributed by atoms with van der Waals surface area (Å²) in [5.41, 5.74) is 2.49. The molecule has 3 heterocycles. The SMILES string of the molecule is COC(=O)Cc1ccc2c(c1)NC(=O)[C@H](C)CCC[C@@H](N1CCC(c3c(F)ccc(Cl)c3F)=CC1=O)c1cnc-2[nH]1. The van der Waals surface area contributed by atoms with E-state index in [1.165, 1.54) is 13.2 Å². The summed E-state index contributed by atoms with van der Waals surface area (Å²) in [7, 11) is 1.32. The number of esters is 1. The molecule has 0 unspecified atom stereocenters. The highest BCUT2D eigenvalue weighted by Gasteiger charge is 2.31. The maximum atomic E-state index is 14.7. The molecule has 2 aromatic carbocycles. The van der Waals surface area contributed by atoms with E-state index < -0.39 is 23.6 Å². The van der Waals surface area contributed by atoms with Gasteiger partial charge in [-0.25, -0.2) is 13.8 Å². The lowest BCUT2D eigenvalue weighted by Gasteiger charge is -2.34. The number of aromatic nitrogens is 2. The monoisotopic (exact) mass is 582 g/mol. The van der Waals surface area contributed by atoms with Gasteiger partial charge in [-0.15, -0.1) is 0 Å². The number of carbonyl (C=O) groups excluding carboxylic acids is 3. The Kier molecular flexibility index (Phi) is 8.21. The zero-order valence-electron chi connectivity index (χ0n) is 22.6. The molecule has 0 radical (unpaired) electrons. The number of anilines is 1. The summed E-state index contributed by atoms with van der Waals surface area (Å²) < 4.78 is 34.0. The molecule has 0 saturated heterocycles. The maximum Gasteiger partial charge on any atom is 0.309 e. The number of imidazole rings is 1.